The Kier molecular flexibility index (Phi) is 5.68. The van der Waals surface area contributed by atoms with Crippen molar-refractivity contribution in [2.45, 2.75) is 58.7 Å². The Bertz CT molecular complexity index is 1160. The minimum atomic E-state index is -0.602. The molecule has 0 bridgehead atoms. The van der Waals surface area contributed by atoms with Gasteiger partial charge in [0.05, 0.1) is 18.2 Å². The summed E-state index contributed by atoms with van der Waals surface area (Å²) >= 11 is 0. The summed E-state index contributed by atoms with van der Waals surface area (Å²) in [4.78, 5) is 29.1. The summed E-state index contributed by atoms with van der Waals surface area (Å²) < 4.78 is 8.45. The Morgan fingerprint density at radius 1 is 1.26 bits per heavy atom. The van der Waals surface area contributed by atoms with Gasteiger partial charge < -0.3 is 14.5 Å². The van der Waals surface area contributed by atoms with Crippen molar-refractivity contribution in [1.82, 2.24) is 19.1 Å². The number of nitriles is 2. The number of fused-ring (bicyclic) bond motifs is 1. The minimum absolute atomic E-state index is 0.0219. The number of hydrogen-bond acceptors (Lipinski definition) is 7. The van der Waals surface area contributed by atoms with Crippen LogP contribution in [-0.2, 0) is 18.2 Å². The largest absolute Gasteiger partial charge is 0.444 e. The lowest BCUT2D eigenvalue weighted by Gasteiger charge is -2.45. The lowest BCUT2D eigenvalue weighted by molar-refractivity contribution is 0.0129. The first-order valence-corrected chi connectivity index (χ1v) is 10.1. The summed E-state index contributed by atoms with van der Waals surface area (Å²) in [6, 6.07) is 5.35. The van der Waals surface area contributed by atoms with E-state index in [9.17, 15) is 14.9 Å². The SMILES string of the molecule is C[C@@H]1CN(c2c(C#N)c(=O)n(C)c3cc(CC#N)nn23)[C@@H](C)CN1C(=O)OC(C)(C)C. The molecule has 0 aromatic carbocycles. The highest BCUT2D eigenvalue weighted by atomic mass is 16.6. The van der Waals surface area contributed by atoms with E-state index in [0.29, 0.717) is 30.2 Å². The smallest absolute Gasteiger partial charge is 0.410 e. The van der Waals surface area contributed by atoms with Crippen LogP contribution in [0.15, 0.2) is 10.9 Å². The molecule has 0 unspecified atom stereocenters. The molecular formula is C21H27N7O3. The van der Waals surface area contributed by atoms with E-state index in [1.54, 1.807) is 22.5 Å². The maximum absolute atomic E-state index is 12.9. The van der Waals surface area contributed by atoms with Crippen LogP contribution in [0.3, 0.4) is 0 Å². The molecule has 2 aromatic heterocycles. The van der Waals surface area contributed by atoms with Gasteiger partial charge in [-0.25, -0.2) is 4.79 Å². The maximum Gasteiger partial charge on any atom is 0.410 e. The fourth-order valence-electron chi connectivity index (χ4n) is 3.81. The highest BCUT2D eigenvalue weighted by Gasteiger charge is 2.37. The van der Waals surface area contributed by atoms with Crippen LogP contribution < -0.4 is 10.5 Å². The van der Waals surface area contributed by atoms with Crippen LogP contribution in [0, 0.1) is 22.7 Å². The van der Waals surface area contributed by atoms with E-state index in [2.05, 4.69) is 11.2 Å². The average molecular weight is 425 g/mol. The zero-order valence-corrected chi connectivity index (χ0v) is 18.7. The number of ether oxygens (including phenoxy) is 1. The van der Waals surface area contributed by atoms with Gasteiger partial charge in [-0.1, -0.05) is 0 Å². The van der Waals surface area contributed by atoms with Crippen molar-refractivity contribution in [3.63, 3.8) is 0 Å². The van der Waals surface area contributed by atoms with E-state index in [1.807, 2.05) is 45.6 Å². The first-order valence-electron chi connectivity index (χ1n) is 10.1. The molecule has 10 nitrogen and oxygen atoms in total. The number of carbonyl (C=O) groups excluding carboxylic acids is 1. The number of piperazine rings is 1. The summed E-state index contributed by atoms with van der Waals surface area (Å²) in [6.07, 6.45) is -0.299. The number of aromatic nitrogens is 3. The van der Waals surface area contributed by atoms with E-state index in [0.717, 1.165) is 0 Å². The second-order valence-electron chi connectivity index (χ2n) is 8.90. The molecular weight excluding hydrogens is 398 g/mol. The van der Waals surface area contributed by atoms with Crippen molar-refractivity contribution in [3.8, 4) is 12.1 Å². The fraction of sp³-hybridized carbons (Fsp3) is 0.571. The topological polar surface area (TPSA) is 120 Å². The Labute approximate surface area is 180 Å². The quantitative estimate of drug-likeness (QED) is 0.719. The number of rotatable bonds is 2. The molecule has 0 N–H and O–H groups in total. The van der Waals surface area contributed by atoms with E-state index < -0.39 is 17.3 Å². The lowest BCUT2D eigenvalue weighted by Crippen LogP contribution is -2.59. The van der Waals surface area contributed by atoms with Gasteiger partial charge in [0.2, 0.25) is 0 Å². The predicted molar refractivity (Wildman–Crippen MR) is 114 cm³/mol. The van der Waals surface area contributed by atoms with E-state index in [-0.39, 0.29) is 24.1 Å². The zero-order valence-electron chi connectivity index (χ0n) is 18.7. The number of aryl methyl sites for hydroxylation is 1. The molecule has 1 aliphatic rings. The summed E-state index contributed by atoms with van der Waals surface area (Å²) in [5.74, 6) is 0.382. The third-order valence-corrected chi connectivity index (χ3v) is 5.29. The van der Waals surface area contributed by atoms with Gasteiger partial charge in [0.1, 0.15) is 17.3 Å². The molecule has 1 fully saturated rings. The number of amides is 1. The molecule has 1 amide bonds. The molecule has 1 saturated heterocycles. The molecule has 0 aliphatic carbocycles. The van der Waals surface area contributed by atoms with Crippen LogP contribution in [0.25, 0.3) is 5.65 Å². The van der Waals surface area contributed by atoms with Gasteiger partial charge in [-0.3, -0.25) is 9.36 Å². The molecule has 0 radical (unpaired) electrons. The van der Waals surface area contributed by atoms with Crippen LogP contribution >= 0.6 is 0 Å². The van der Waals surface area contributed by atoms with Gasteiger partial charge in [-0.15, -0.1) is 0 Å². The van der Waals surface area contributed by atoms with Crippen molar-refractivity contribution >= 4 is 17.6 Å². The summed E-state index contributed by atoms with van der Waals surface area (Å²) in [6.45, 7) is 10.0. The van der Waals surface area contributed by atoms with E-state index in [4.69, 9.17) is 10.00 Å². The highest BCUT2D eigenvalue weighted by Crippen LogP contribution is 2.27. The summed E-state index contributed by atoms with van der Waals surface area (Å²) in [7, 11) is 1.58. The van der Waals surface area contributed by atoms with Crippen molar-refractivity contribution in [1.29, 1.82) is 10.5 Å². The van der Waals surface area contributed by atoms with Crippen LogP contribution in [0.4, 0.5) is 10.6 Å². The first-order chi connectivity index (χ1) is 14.5. The third kappa shape index (κ3) is 4.06. The molecule has 0 saturated carbocycles. The van der Waals surface area contributed by atoms with Crippen LogP contribution in [0.5, 0.6) is 0 Å². The third-order valence-electron chi connectivity index (χ3n) is 5.29. The molecule has 3 rings (SSSR count). The van der Waals surface area contributed by atoms with Gasteiger partial charge in [0.25, 0.3) is 5.56 Å². The van der Waals surface area contributed by atoms with Crippen molar-refractivity contribution in [3.05, 3.63) is 27.7 Å². The Morgan fingerprint density at radius 3 is 2.52 bits per heavy atom. The number of nitrogens with zero attached hydrogens (tertiary/aromatic N) is 7. The Morgan fingerprint density at radius 2 is 1.94 bits per heavy atom. The van der Waals surface area contributed by atoms with E-state index in [1.165, 1.54) is 4.57 Å². The second-order valence-corrected chi connectivity index (χ2v) is 8.90. The predicted octanol–water partition coefficient (Wildman–Crippen LogP) is 1.80. The summed E-state index contributed by atoms with van der Waals surface area (Å²) in [5, 5.41) is 23.3. The van der Waals surface area contributed by atoms with Gasteiger partial charge in [-0.05, 0) is 34.6 Å². The number of carbonyl (C=O) groups is 1. The zero-order chi connectivity index (χ0) is 23.1. The normalized spacial score (nSPS) is 19.2. The monoisotopic (exact) mass is 425 g/mol. The Balaban J connectivity index is 2.07. The highest BCUT2D eigenvalue weighted by molar-refractivity contribution is 5.70. The van der Waals surface area contributed by atoms with Gasteiger partial charge in [0, 0.05) is 38.3 Å². The lowest BCUT2D eigenvalue weighted by atomic mass is 10.1. The number of hydrogen-bond donors (Lipinski definition) is 0. The summed E-state index contributed by atoms with van der Waals surface area (Å²) in [5.41, 5.74) is -0.0374. The van der Waals surface area contributed by atoms with Gasteiger partial charge >= 0.3 is 6.09 Å². The second kappa shape index (κ2) is 7.95. The molecule has 164 valence electrons. The molecule has 10 heteroatoms. The molecule has 2 aromatic rings. The Hall–Kier alpha value is -3.53. The van der Waals surface area contributed by atoms with Crippen LogP contribution in [0.2, 0.25) is 0 Å². The molecule has 1 aliphatic heterocycles. The van der Waals surface area contributed by atoms with Crippen LogP contribution in [-0.4, -0.2) is 55.9 Å². The maximum atomic E-state index is 12.9. The minimum Gasteiger partial charge on any atom is -0.444 e. The average Bonchev–Trinajstić information content (AvgIpc) is 3.08. The molecule has 0 spiro atoms. The standard InChI is InChI=1S/C21H27N7O3/c1-13-12-27(20(30)31-21(3,4)5)14(2)11-26(13)18-16(10-23)19(29)25(6)17-9-15(7-8-22)24-28(17)18/h9,13-14H,7,11-12H2,1-6H3/t13-,14+/m0/s1. The molecule has 3 heterocycles. The van der Waals surface area contributed by atoms with Crippen molar-refractivity contribution < 1.29 is 9.53 Å². The van der Waals surface area contributed by atoms with Crippen molar-refractivity contribution in [2.75, 3.05) is 18.0 Å². The van der Waals surface area contributed by atoms with Crippen molar-refractivity contribution in [2.24, 2.45) is 7.05 Å². The van der Waals surface area contributed by atoms with Gasteiger partial charge in [-0.2, -0.15) is 20.1 Å². The molecule has 31 heavy (non-hydrogen) atoms. The van der Waals surface area contributed by atoms with Gasteiger partial charge in [0.15, 0.2) is 11.4 Å². The number of anilines is 1. The van der Waals surface area contributed by atoms with Crippen LogP contribution in [0.1, 0.15) is 45.9 Å². The van der Waals surface area contributed by atoms with E-state index >= 15 is 0 Å². The fourth-order valence-corrected chi connectivity index (χ4v) is 3.81. The molecule has 2 atom stereocenters. The first kappa shape index (κ1) is 22.2.